The average molecular weight is 349 g/mol. The van der Waals surface area contributed by atoms with E-state index in [1.54, 1.807) is 7.05 Å². The second-order valence-electron chi connectivity index (χ2n) is 6.66. The minimum Gasteiger partial charge on any atom is -0.492 e. The Labute approximate surface area is 153 Å². The van der Waals surface area contributed by atoms with Gasteiger partial charge in [-0.2, -0.15) is 0 Å². The highest BCUT2D eigenvalue weighted by Gasteiger charge is 1.98. The van der Waals surface area contributed by atoms with Crippen molar-refractivity contribution in [3.05, 3.63) is 29.8 Å². The molecule has 0 aromatic heterocycles. The number of aryl methyl sites for hydroxylation is 1. The Bertz CT molecular complexity index is 471. The van der Waals surface area contributed by atoms with Crippen LogP contribution in [0.4, 0.5) is 0 Å². The molecule has 0 radical (unpaired) electrons. The molecule has 1 aromatic carbocycles. The Morgan fingerprint density at radius 2 is 1.60 bits per heavy atom. The van der Waals surface area contributed by atoms with Crippen LogP contribution in [0, 0.1) is 6.92 Å². The summed E-state index contributed by atoms with van der Waals surface area (Å²) < 4.78 is 5.70. The van der Waals surface area contributed by atoms with E-state index in [0.717, 1.165) is 24.8 Å². The predicted octanol–water partition coefficient (Wildman–Crippen LogP) is 3.05. The van der Waals surface area contributed by atoms with Crippen LogP contribution in [-0.2, 0) is 0 Å². The summed E-state index contributed by atoms with van der Waals surface area (Å²) in [5.41, 5.74) is 1.24. The van der Waals surface area contributed by atoms with Crippen molar-refractivity contribution in [3.8, 4) is 5.75 Å². The maximum atomic E-state index is 5.70. The SMILES string of the molecule is CN=C(NCCCCCCCN(C)C)NCCOc1ccc(C)cc1. The molecule has 1 aromatic rings. The van der Waals surface area contributed by atoms with Crippen molar-refractivity contribution < 1.29 is 4.74 Å². The quantitative estimate of drug-likeness (QED) is 0.346. The molecule has 0 amide bonds. The van der Waals surface area contributed by atoms with Crippen molar-refractivity contribution in [3.63, 3.8) is 0 Å². The zero-order valence-corrected chi connectivity index (χ0v) is 16.5. The molecule has 0 saturated heterocycles. The highest BCUT2D eigenvalue weighted by atomic mass is 16.5. The van der Waals surface area contributed by atoms with Gasteiger partial charge in [0.2, 0.25) is 0 Å². The fraction of sp³-hybridized carbons (Fsp3) is 0.650. The molecule has 5 nitrogen and oxygen atoms in total. The second-order valence-corrected chi connectivity index (χ2v) is 6.66. The van der Waals surface area contributed by atoms with Crippen molar-refractivity contribution >= 4 is 5.96 Å². The molecule has 0 bridgehead atoms. The molecule has 142 valence electrons. The lowest BCUT2D eigenvalue weighted by Gasteiger charge is -2.13. The smallest absolute Gasteiger partial charge is 0.191 e. The number of guanidine groups is 1. The van der Waals surface area contributed by atoms with Crippen LogP contribution in [0.1, 0.15) is 37.7 Å². The number of nitrogens with zero attached hydrogens (tertiary/aromatic N) is 2. The van der Waals surface area contributed by atoms with Crippen LogP contribution in [0.25, 0.3) is 0 Å². The van der Waals surface area contributed by atoms with Gasteiger partial charge in [-0.1, -0.05) is 37.0 Å². The van der Waals surface area contributed by atoms with Gasteiger partial charge in [-0.05, 0) is 52.5 Å². The van der Waals surface area contributed by atoms with Crippen molar-refractivity contribution in [2.24, 2.45) is 4.99 Å². The molecule has 0 saturated carbocycles. The first-order chi connectivity index (χ1) is 12.1. The zero-order chi connectivity index (χ0) is 18.3. The summed E-state index contributed by atoms with van der Waals surface area (Å²) in [6.07, 6.45) is 6.38. The van der Waals surface area contributed by atoms with E-state index in [4.69, 9.17) is 4.74 Å². The fourth-order valence-corrected chi connectivity index (χ4v) is 2.48. The van der Waals surface area contributed by atoms with Gasteiger partial charge in [-0.15, -0.1) is 0 Å². The molecule has 0 fully saturated rings. The van der Waals surface area contributed by atoms with E-state index < -0.39 is 0 Å². The summed E-state index contributed by atoms with van der Waals surface area (Å²) in [5, 5.41) is 6.64. The molecule has 5 heteroatoms. The molecular weight excluding hydrogens is 312 g/mol. The number of benzene rings is 1. The Morgan fingerprint density at radius 1 is 0.960 bits per heavy atom. The second kappa shape index (κ2) is 13.5. The first-order valence-electron chi connectivity index (χ1n) is 9.40. The lowest BCUT2D eigenvalue weighted by Crippen LogP contribution is -2.39. The van der Waals surface area contributed by atoms with Gasteiger partial charge in [0.05, 0.1) is 6.54 Å². The van der Waals surface area contributed by atoms with E-state index in [1.165, 1.54) is 44.2 Å². The van der Waals surface area contributed by atoms with Gasteiger partial charge in [0.1, 0.15) is 12.4 Å². The minimum atomic E-state index is 0.621. The molecule has 0 unspecified atom stereocenters. The molecule has 25 heavy (non-hydrogen) atoms. The van der Waals surface area contributed by atoms with Crippen LogP contribution < -0.4 is 15.4 Å². The van der Waals surface area contributed by atoms with E-state index in [0.29, 0.717) is 6.61 Å². The predicted molar refractivity (Wildman–Crippen MR) is 108 cm³/mol. The fourth-order valence-electron chi connectivity index (χ4n) is 2.48. The topological polar surface area (TPSA) is 48.9 Å². The molecule has 1 rings (SSSR count). The Kier molecular flexibility index (Phi) is 11.5. The van der Waals surface area contributed by atoms with Gasteiger partial charge in [0, 0.05) is 13.6 Å². The van der Waals surface area contributed by atoms with Crippen LogP contribution in [0.15, 0.2) is 29.3 Å². The Balaban J connectivity index is 2.00. The summed E-state index contributed by atoms with van der Waals surface area (Å²) in [6, 6.07) is 8.12. The number of hydrogen-bond donors (Lipinski definition) is 2. The van der Waals surface area contributed by atoms with Crippen LogP contribution in [-0.4, -0.2) is 58.2 Å². The zero-order valence-electron chi connectivity index (χ0n) is 16.5. The standard InChI is InChI=1S/C20H36N4O/c1-18-10-12-19(13-11-18)25-17-15-23-20(21-2)22-14-8-6-5-7-9-16-24(3)4/h10-13H,5-9,14-17H2,1-4H3,(H2,21,22,23). The maximum Gasteiger partial charge on any atom is 0.191 e. The molecule has 0 aliphatic carbocycles. The molecule has 0 spiro atoms. The van der Waals surface area contributed by atoms with Gasteiger partial charge >= 0.3 is 0 Å². The van der Waals surface area contributed by atoms with Crippen LogP contribution in [0.5, 0.6) is 5.75 Å². The van der Waals surface area contributed by atoms with Crippen molar-refractivity contribution in [1.29, 1.82) is 0 Å². The number of hydrogen-bond acceptors (Lipinski definition) is 3. The van der Waals surface area contributed by atoms with Crippen LogP contribution >= 0.6 is 0 Å². The number of rotatable bonds is 12. The summed E-state index contributed by atoms with van der Waals surface area (Å²) in [7, 11) is 6.07. The summed E-state index contributed by atoms with van der Waals surface area (Å²) in [4.78, 5) is 6.49. The van der Waals surface area contributed by atoms with Crippen molar-refractivity contribution in [1.82, 2.24) is 15.5 Å². The van der Waals surface area contributed by atoms with Crippen molar-refractivity contribution in [2.45, 2.75) is 39.0 Å². The highest BCUT2D eigenvalue weighted by molar-refractivity contribution is 5.79. The average Bonchev–Trinajstić information content (AvgIpc) is 2.60. The normalized spacial score (nSPS) is 11.6. The molecule has 0 heterocycles. The van der Waals surface area contributed by atoms with Crippen molar-refractivity contribution in [2.75, 3.05) is 47.4 Å². The highest BCUT2D eigenvalue weighted by Crippen LogP contribution is 2.10. The minimum absolute atomic E-state index is 0.621. The number of unbranched alkanes of at least 4 members (excludes halogenated alkanes) is 4. The van der Waals surface area contributed by atoms with E-state index in [-0.39, 0.29) is 0 Å². The monoisotopic (exact) mass is 348 g/mol. The molecule has 2 N–H and O–H groups in total. The number of ether oxygens (including phenoxy) is 1. The van der Waals surface area contributed by atoms with Gasteiger partial charge in [0.25, 0.3) is 0 Å². The van der Waals surface area contributed by atoms with Crippen LogP contribution in [0.3, 0.4) is 0 Å². The number of aliphatic imine (C=N–C) groups is 1. The summed E-state index contributed by atoms with van der Waals surface area (Å²) in [6.45, 7) is 5.59. The first-order valence-corrected chi connectivity index (χ1v) is 9.40. The van der Waals surface area contributed by atoms with E-state index in [9.17, 15) is 0 Å². The molecule has 0 aliphatic heterocycles. The summed E-state index contributed by atoms with van der Waals surface area (Å²) >= 11 is 0. The maximum absolute atomic E-state index is 5.70. The van der Waals surface area contributed by atoms with E-state index in [2.05, 4.69) is 53.7 Å². The number of nitrogens with one attached hydrogen (secondary N) is 2. The Hall–Kier alpha value is -1.75. The van der Waals surface area contributed by atoms with Crippen LogP contribution in [0.2, 0.25) is 0 Å². The lowest BCUT2D eigenvalue weighted by atomic mass is 10.1. The largest absolute Gasteiger partial charge is 0.492 e. The molecular formula is C20H36N4O. The van der Waals surface area contributed by atoms with E-state index in [1.807, 2.05) is 12.1 Å². The van der Waals surface area contributed by atoms with Gasteiger partial charge in [0.15, 0.2) is 5.96 Å². The third kappa shape index (κ3) is 11.4. The Morgan fingerprint density at radius 3 is 2.28 bits per heavy atom. The van der Waals surface area contributed by atoms with E-state index >= 15 is 0 Å². The lowest BCUT2D eigenvalue weighted by molar-refractivity contribution is 0.322. The van der Waals surface area contributed by atoms with Gasteiger partial charge < -0.3 is 20.3 Å². The third-order valence-corrected chi connectivity index (χ3v) is 3.98. The van der Waals surface area contributed by atoms with Gasteiger partial charge in [-0.3, -0.25) is 4.99 Å². The summed E-state index contributed by atoms with van der Waals surface area (Å²) in [5.74, 6) is 1.75. The molecule has 0 atom stereocenters. The molecule has 0 aliphatic rings. The first kappa shape index (κ1) is 21.3. The van der Waals surface area contributed by atoms with Gasteiger partial charge in [-0.25, -0.2) is 0 Å². The third-order valence-electron chi connectivity index (χ3n) is 3.98.